The first kappa shape index (κ1) is 18.4. The van der Waals surface area contributed by atoms with Gasteiger partial charge in [-0.15, -0.1) is 0 Å². The van der Waals surface area contributed by atoms with Gasteiger partial charge in [-0.2, -0.15) is 8.62 Å². The summed E-state index contributed by atoms with van der Waals surface area (Å²) in [7, 11) is -16.4. The maximum atomic E-state index is 10.9. The first-order valence-corrected chi connectivity index (χ1v) is 11.4. The standard InChI is InChI=1S/H6O11P4S2/c1-12(2,3)9-13(4,5)10-14(6,7)11-15(8,16)17/h(H,4,5)(H,6,7)(H2,1,2,3)(H2,8,16,17). The smallest absolute Gasteiger partial charge is 0.337 e. The molecule has 0 aliphatic heterocycles. The number of hydrogen-bond donors (Lipinski definition) is 6. The minimum atomic E-state index is -5.60. The summed E-state index contributed by atoms with van der Waals surface area (Å²) >= 11 is 7.23. The summed E-state index contributed by atoms with van der Waals surface area (Å²) in [5.74, 6) is 0. The summed E-state index contributed by atoms with van der Waals surface area (Å²) in [5, 5.41) is 0. The zero-order valence-corrected chi connectivity index (χ0v) is 12.6. The highest BCUT2D eigenvalue weighted by molar-refractivity contribution is 8.60. The molecule has 3 atom stereocenters. The fourth-order valence-corrected chi connectivity index (χ4v) is 5.99. The van der Waals surface area contributed by atoms with Crippen molar-refractivity contribution in [1.29, 1.82) is 0 Å². The van der Waals surface area contributed by atoms with Gasteiger partial charge in [-0.05, 0) is 11.8 Å². The molecule has 0 rings (SSSR count). The van der Waals surface area contributed by atoms with Crippen molar-refractivity contribution < 1.29 is 51.1 Å². The van der Waals surface area contributed by atoms with Crippen LogP contribution in [0.25, 0.3) is 0 Å². The molecule has 0 spiro atoms. The van der Waals surface area contributed by atoms with Crippen molar-refractivity contribution >= 4 is 53.2 Å². The van der Waals surface area contributed by atoms with Crippen LogP contribution >= 0.6 is 41.4 Å². The van der Waals surface area contributed by atoms with Crippen LogP contribution in [0.2, 0.25) is 0 Å². The summed E-state index contributed by atoms with van der Waals surface area (Å²) < 4.78 is 42.3. The van der Waals surface area contributed by atoms with Crippen LogP contribution in [0.1, 0.15) is 0 Å². The number of rotatable bonds is 6. The van der Waals surface area contributed by atoms with E-state index in [2.05, 4.69) is 37.0 Å². The van der Waals surface area contributed by atoms with E-state index >= 15 is 0 Å². The molecule has 0 saturated carbocycles. The van der Waals surface area contributed by atoms with Crippen LogP contribution in [0.15, 0.2) is 0 Å². The van der Waals surface area contributed by atoms with Crippen molar-refractivity contribution in [3.63, 3.8) is 0 Å². The van der Waals surface area contributed by atoms with Gasteiger partial charge < -0.3 is 24.5 Å². The van der Waals surface area contributed by atoms with Gasteiger partial charge in [-0.3, -0.25) is 0 Å². The normalized spacial score (nSPS) is 23.4. The van der Waals surface area contributed by atoms with Gasteiger partial charge in [0.25, 0.3) is 5.69 Å². The molecule has 17 heavy (non-hydrogen) atoms. The Balaban J connectivity index is 4.84. The molecule has 0 aromatic heterocycles. The Morgan fingerprint density at radius 2 is 1.18 bits per heavy atom. The molecule has 0 aliphatic rings. The maximum Gasteiger partial charge on any atom is 0.490 e. The quantitative estimate of drug-likeness (QED) is 0.281. The Kier molecular flexibility index (Phi) is 6.25. The van der Waals surface area contributed by atoms with E-state index in [1.54, 1.807) is 0 Å². The second-order valence-electron chi connectivity index (χ2n) is 2.16. The minimum Gasteiger partial charge on any atom is -0.337 e. The lowest BCUT2D eigenvalue weighted by atomic mass is 15.7. The molecule has 17 heteroatoms. The molecule has 0 radical (unpaired) electrons. The lowest BCUT2D eigenvalue weighted by Gasteiger charge is -2.17. The maximum absolute atomic E-state index is 10.9. The highest BCUT2D eigenvalue weighted by Crippen LogP contribution is 2.71. The molecular formula is H6O11P4S2. The van der Waals surface area contributed by atoms with Crippen LogP contribution in [-0.2, 0) is 38.4 Å². The molecule has 0 aromatic rings. The minimum absolute atomic E-state index is 3.17. The lowest BCUT2D eigenvalue weighted by molar-refractivity contribution is 0.208. The third-order valence-corrected chi connectivity index (χ3v) is 6.89. The number of phosphoric acid groups is 3. The van der Waals surface area contributed by atoms with Gasteiger partial charge in [-0.1, -0.05) is 12.2 Å². The van der Waals surface area contributed by atoms with E-state index in [1.165, 1.54) is 0 Å². The van der Waals surface area contributed by atoms with E-state index in [4.69, 9.17) is 24.5 Å². The number of hydrogen-bond acceptors (Lipinski definition) is 7. The topological polar surface area (TPSA) is 180 Å². The molecule has 0 saturated heterocycles. The average molecular weight is 370 g/mol. The summed E-state index contributed by atoms with van der Waals surface area (Å²) in [6.07, 6.45) is 0. The van der Waals surface area contributed by atoms with Gasteiger partial charge in [0.05, 0.1) is 0 Å². The highest BCUT2D eigenvalue weighted by Gasteiger charge is 2.42. The van der Waals surface area contributed by atoms with Crippen LogP contribution in [0.4, 0.5) is 0 Å². The molecule has 0 fully saturated rings. The third-order valence-electron chi connectivity index (χ3n) is 0.625. The van der Waals surface area contributed by atoms with E-state index in [0.717, 1.165) is 0 Å². The monoisotopic (exact) mass is 370 g/mol. The van der Waals surface area contributed by atoms with Gasteiger partial charge >= 0.3 is 23.5 Å². The van der Waals surface area contributed by atoms with Gasteiger partial charge in [0.1, 0.15) is 0 Å². The molecule has 5 N–H and O–H groups in total. The number of thiol groups is 1. The van der Waals surface area contributed by atoms with Crippen LogP contribution in [0.5, 0.6) is 0 Å². The van der Waals surface area contributed by atoms with Crippen molar-refractivity contribution in [2.45, 2.75) is 0 Å². The Morgan fingerprint density at radius 3 is 1.47 bits per heavy atom. The first-order chi connectivity index (χ1) is 7.12. The van der Waals surface area contributed by atoms with E-state index < -0.39 is 29.2 Å². The van der Waals surface area contributed by atoms with Crippen molar-refractivity contribution in [2.75, 3.05) is 0 Å². The van der Waals surface area contributed by atoms with Crippen molar-refractivity contribution in [1.82, 2.24) is 0 Å². The van der Waals surface area contributed by atoms with E-state index in [9.17, 15) is 13.7 Å². The van der Waals surface area contributed by atoms with Crippen molar-refractivity contribution in [2.24, 2.45) is 0 Å². The molecule has 0 bridgehead atoms. The lowest BCUT2D eigenvalue weighted by Crippen LogP contribution is -1.94. The molecule has 104 valence electrons. The van der Waals surface area contributed by atoms with Gasteiger partial charge in [0.2, 0.25) is 0 Å². The largest absolute Gasteiger partial charge is 0.490 e. The Labute approximate surface area is 105 Å². The van der Waals surface area contributed by atoms with E-state index in [0.29, 0.717) is 0 Å². The molecule has 0 heterocycles. The zero-order valence-electron chi connectivity index (χ0n) is 7.33. The van der Waals surface area contributed by atoms with Crippen LogP contribution in [-0.4, -0.2) is 24.5 Å². The van der Waals surface area contributed by atoms with Crippen LogP contribution < -0.4 is 0 Å². The molecule has 3 unspecified atom stereocenters. The summed E-state index contributed by atoms with van der Waals surface area (Å²) in [5.41, 5.74) is -4.02. The average Bonchev–Trinajstić information content (AvgIpc) is 1.65. The fourth-order valence-electron chi connectivity index (χ4n) is 0.429. The molecule has 0 aliphatic carbocycles. The summed E-state index contributed by atoms with van der Waals surface area (Å²) in [4.78, 5) is 42.6. The zero-order chi connectivity index (χ0) is 14.1. The van der Waals surface area contributed by atoms with Crippen LogP contribution in [0, 0.1) is 0 Å². The molecule has 0 aromatic carbocycles. The second kappa shape index (κ2) is 5.78. The van der Waals surface area contributed by atoms with E-state index in [1.807, 2.05) is 0 Å². The predicted molar refractivity (Wildman–Crippen MR) is 60.4 cm³/mol. The Hall–Kier alpha value is 1.37. The van der Waals surface area contributed by atoms with E-state index in [-0.39, 0.29) is 0 Å². The first-order valence-electron chi connectivity index (χ1n) is 3.03. The van der Waals surface area contributed by atoms with Crippen molar-refractivity contribution in [3.8, 4) is 0 Å². The van der Waals surface area contributed by atoms with Gasteiger partial charge in [-0.25, -0.2) is 18.0 Å². The Bertz CT molecular complexity index is 410. The molecule has 11 nitrogen and oxygen atoms in total. The summed E-state index contributed by atoms with van der Waals surface area (Å²) in [6, 6.07) is 0. The molecule has 0 amide bonds. The predicted octanol–water partition coefficient (Wildman–Crippen LogP) is 0.476. The van der Waals surface area contributed by atoms with Crippen molar-refractivity contribution in [3.05, 3.63) is 0 Å². The Morgan fingerprint density at radius 1 is 0.824 bits per heavy atom. The second-order valence-corrected chi connectivity index (χ2v) is 11.9. The third kappa shape index (κ3) is 10.9. The summed E-state index contributed by atoms with van der Waals surface area (Å²) in [6.45, 7) is 0. The van der Waals surface area contributed by atoms with Gasteiger partial charge in [0, 0.05) is 0 Å². The fraction of sp³-hybridized carbons (Fsp3) is 0. The van der Waals surface area contributed by atoms with Gasteiger partial charge in [0.15, 0.2) is 0 Å². The SMILES string of the molecule is O=P(O)(O)OP(=O)(O)OP(=O)(O)OP(O)(=S)S. The molecular weight excluding hydrogens is 364 g/mol. The highest BCUT2D eigenvalue weighted by atomic mass is 32.9. The van der Waals surface area contributed by atoms with Crippen LogP contribution in [0.3, 0.4) is 0 Å².